The number of nitrogens with zero attached hydrogens (tertiary/aromatic N) is 2. The summed E-state index contributed by atoms with van der Waals surface area (Å²) in [6.07, 6.45) is 5.03. The molecule has 0 unspecified atom stereocenters. The number of hydrogen-bond donors (Lipinski definition) is 11. The van der Waals surface area contributed by atoms with Crippen LogP contribution in [0.3, 0.4) is 0 Å². The number of rotatable bonds is 26. The zero-order valence-corrected chi connectivity index (χ0v) is 46.2. The van der Waals surface area contributed by atoms with Gasteiger partial charge in [-0.3, -0.25) is 52.7 Å². The number of carbonyl (C=O) groups is 11. The standard InChI is InChI=1S/C50H89N13O11/c1-30(64)56-46(4,5)40(70)60-49(10,11)43(73)62-28-20-16-24-33(62)37(67)55-32(23-15-19-27-52)36(66)58-48(8,9)42(72)61-50(12,13)44(74)63-29-21-17-25-34(63)38(68)54-31(22-14-18-26-51)35(65)57-47(6,7)41(71)59-45(2,3)39(53)69/h31-34H,14-29,51-52H2,1-13H3,(H2,53,69)(H,54,68)(H,55,67)(H,56,64)(H,57,65)(H,58,66)(H,59,71)(H,60,70)(H,61,72)/t31-,32-,33-,34-/m0/s1. The first-order chi connectivity index (χ1) is 34.0. The van der Waals surface area contributed by atoms with Gasteiger partial charge in [-0.2, -0.15) is 0 Å². The summed E-state index contributed by atoms with van der Waals surface area (Å²) in [6.45, 7) is 19.8. The molecule has 0 bridgehead atoms. The van der Waals surface area contributed by atoms with E-state index in [1.807, 2.05) is 0 Å². The number of hydrogen-bond acceptors (Lipinski definition) is 13. The van der Waals surface area contributed by atoms with Crippen molar-refractivity contribution in [3.63, 3.8) is 0 Å². The number of amides is 11. The smallest absolute Gasteiger partial charge is 0.248 e. The van der Waals surface area contributed by atoms with Crippen molar-refractivity contribution < 1.29 is 52.7 Å². The molecule has 24 heteroatoms. The summed E-state index contributed by atoms with van der Waals surface area (Å²) in [5, 5.41) is 21.5. The zero-order valence-electron chi connectivity index (χ0n) is 46.2. The van der Waals surface area contributed by atoms with E-state index in [9.17, 15) is 52.7 Å². The highest BCUT2D eigenvalue weighted by Gasteiger charge is 2.46. The molecule has 0 aliphatic carbocycles. The number of primary amides is 1. The summed E-state index contributed by atoms with van der Waals surface area (Å²) in [7, 11) is 0. The van der Waals surface area contributed by atoms with E-state index in [1.54, 1.807) is 0 Å². The summed E-state index contributed by atoms with van der Waals surface area (Å²) in [4.78, 5) is 151. The Hall–Kier alpha value is -5.91. The fraction of sp³-hybridized carbons (Fsp3) is 0.780. The van der Waals surface area contributed by atoms with Gasteiger partial charge in [0.25, 0.3) is 0 Å². The molecule has 0 aromatic rings. The highest BCUT2D eigenvalue weighted by atomic mass is 16.2. The van der Waals surface area contributed by atoms with E-state index in [2.05, 4.69) is 42.5 Å². The maximum absolute atomic E-state index is 14.4. The molecule has 11 amide bonds. The third-order valence-electron chi connectivity index (χ3n) is 13.3. The van der Waals surface area contributed by atoms with E-state index >= 15 is 0 Å². The average molecular weight is 1050 g/mol. The molecule has 14 N–H and O–H groups in total. The van der Waals surface area contributed by atoms with Crippen molar-refractivity contribution in [2.24, 2.45) is 17.2 Å². The Kier molecular flexibility index (Phi) is 23.0. The largest absolute Gasteiger partial charge is 0.368 e. The first-order valence-corrected chi connectivity index (χ1v) is 25.8. The lowest BCUT2D eigenvalue weighted by Gasteiger charge is -2.41. The highest BCUT2D eigenvalue weighted by Crippen LogP contribution is 2.25. The summed E-state index contributed by atoms with van der Waals surface area (Å²) < 4.78 is 0. The van der Waals surface area contributed by atoms with Crippen molar-refractivity contribution in [3.05, 3.63) is 0 Å². The van der Waals surface area contributed by atoms with Gasteiger partial charge in [0.2, 0.25) is 65.0 Å². The molecule has 2 aliphatic heterocycles. The lowest BCUT2D eigenvalue weighted by Crippen LogP contribution is -2.67. The van der Waals surface area contributed by atoms with Crippen LogP contribution in [0.2, 0.25) is 0 Å². The second-order valence-corrected chi connectivity index (χ2v) is 22.8. The fourth-order valence-corrected chi connectivity index (χ4v) is 8.56. The molecule has 2 fully saturated rings. The molecule has 4 atom stereocenters. The quantitative estimate of drug-likeness (QED) is 0.0457. The molecular formula is C50H89N13O11. The van der Waals surface area contributed by atoms with Crippen LogP contribution in [0.4, 0.5) is 0 Å². The molecular weight excluding hydrogens is 959 g/mol. The van der Waals surface area contributed by atoms with Crippen LogP contribution in [0.25, 0.3) is 0 Å². The molecule has 0 aromatic heterocycles. The number of unbranched alkanes of at least 4 members (excludes halogenated alkanes) is 2. The maximum atomic E-state index is 14.4. The Morgan fingerprint density at radius 2 is 0.784 bits per heavy atom. The number of nitrogens with one attached hydrogen (secondary N) is 8. The van der Waals surface area contributed by atoms with Crippen LogP contribution >= 0.6 is 0 Å². The van der Waals surface area contributed by atoms with Gasteiger partial charge in [-0.1, -0.05) is 0 Å². The molecule has 24 nitrogen and oxygen atoms in total. The summed E-state index contributed by atoms with van der Waals surface area (Å²) in [5.41, 5.74) is 7.80. The van der Waals surface area contributed by atoms with E-state index < -0.39 is 122 Å². The van der Waals surface area contributed by atoms with Crippen molar-refractivity contribution in [1.29, 1.82) is 0 Å². The molecule has 0 radical (unpaired) electrons. The lowest BCUT2D eigenvalue weighted by atomic mass is 9.93. The topological polar surface area (TPSA) is 369 Å². The SMILES string of the molecule is CC(=O)NC(C)(C)C(=O)NC(C)(C)C(=O)N1CCCC[C@H]1C(=O)N[C@@H](CCCCN)C(=O)NC(C)(C)C(=O)NC(C)(C)C(=O)N1CCCC[C@H]1C(=O)N[C@@H](CCCCN)C(=O)NC(C)(C)C(=O)NC(C)(C)C(N)=O. The third-order valence-corrected chi connectivity index (χ3v) is 13.3. The summed E-state index contributed by atoms with van der Waals surface area (Å²) >= 11 is 0. The van der Waals surface area contributed by atoms with Crippen molar-refractivity contribution in [2.75, 3.05) is 26.2 Å². The normalized spacial score (nSPS) is 17.6. The summed E-state index contributed by atoms with van der Waals surface area (Å²) in [5.74, 6) is -7.06. The third kappa shape index (κ3) is 18.2. The molecule has 0 spiro atoms. The molecule has 2 heterocycles. The molecule has 2 saturated heterocycles. The van der Waals surface area contributed by atoms with E-state index in [-0.39, 0.29) is 38.8 Å². The molecule has 0 saturated carbocycles. The van der Waals surface area contributed by atoms with Gasteiger partial charge in [0.1, 0.15) is 57.4 Å². The van der Waals surface area contributed by atoms with Gasteiger partial charge >= 0.3 is 0 Å². The maximum Gasteiger partial charge on any atom is 0.248 e. The second kappa shape index (κ2) is 26.5. The van der Waals surface area contributed by atoms with Gasteiger partial charge in [0.05, 0.1) is 0 Å². The van der Waals surface area contributed by atoms with Crippen LogP contribution in [0.15, 0.2) is 0 Å². The van der Waals surface area contributed by atoms with Crippen LogP contribution in [0.1, 0.15) is 167 Å². The minimum Gasteiger partial charge on any atom is -0.368 e. The van der Waals surface area contributed by atoms with Gasteiger partial charge in [0, 0.05) is 20.0 Å². The monoisotopic (exact) mass is 1050 g/mol. The Balaban J connectivity index is 2.28. The first-order valence-electron chi connectivity index (χ1n) is 25.8. The number of nitrogens with two attached hydrogens (primary N) is 3. The van der Waals surface area contributed by atoms with Crippen LogP contribution in [-0.4, -0.2) is 158 Å². The number of likely N-dealkylation sites (tertiary alicyclic amines) is 2. The molecule has 0 aromatic carbocycles. The fourth-order valence-electron chi connectivity index (χ4n) is 8.56. The zero-order chi connectivity index (χ0) is 56.8. The molecule has 2 aliphatic rings. The van der Waals surface area contributed by atoms with E-state index in [1.165, 1.54) is 99.8 Å². The second-order valence-electron chi connectivity index (χ2n) is 22.8. The van der Waals surface area contributed by atoms with Gasteiger partial charge < -0.3 is 69.5 Å². The van der Waals surface area contributed by atoms with Crippen LogP contribution in [0.5, 0.6) is 0 Å². The van der Waals surface area contributed by atoms with Crippen molar-refractivity contribution >= 4 is 65.0 Å². The van der Waals surface area contributed by atoms with Crippen LogP contribution in [-0.2, 0) is 52.7 Å². The van der Waals surface area contributed by atoms with Gasteiger partial charge in [0.15, 0.2) is 0 Å². The molecule has 420 valence electrons. The van der Waals surface area contributed by atoms with Crippen molar-refractivity contribution in [2.45, 2.75) is 224 Å². The minimum atomic E-state index is -1.67. The lowest BCUT2D eigenvalue weighted by molar-refractivity contribution is -0.150. The van der Waals surface area contributed by atoms with E-state index in [0.717, 1.165) is 0 Å². The average Bonchev–Trinajstić information content (AvgIpc) is 3.29. The van der Waals surface area contributed by atoms with Crippen molar-refractivity contribution in [1.82, 2.24) is 52.3 Å². The molecule has 74 heavy (non-hydrogen) atoms. The molecule has 2 rings (SSSR count). The van der Waals surface area contributed by atoms with Crippen LogP contribution < -0.4 is 59.7 Å². The first kappa shape index (κ1) is 64.2. The predicted molar refractivity (Wildman–Crippen MR) is 277 cm³/mol. The van der Waals surface area contributed by atoms with Gasteiger partial charge in [-0.05, 0) is 173 Å². The van der Waals surface area contributed by atoms with Gasteiger partial charge in [-0.25, -0.2) is 0 Å². The minimum absolute atomic E-state index is 0.132. The Bertz CT molecular complexity index is 2090. The number of carbonyl (C=O) groups excluding carboxylic acids is 11. The Morgan fingerprint density at radius 1 is 0.459 bits per heavy atom. The van der Waals surface area contributed by atoms with Crippen LogP contribution in [0, 0.1) is 0 Å². The highest BCUT2D eigenvalue weighted by molar-refractivity contribution is 6.01. The van der Waals surface area contributed by atoms with E-state index in [0.29, 0.717) is 64.5 Å². The van der Waals surface area contributed by atoms with E-state index in [4.69, 9.17) is 17.2 Å². The number of piperidine rings is 2. The Morgan fingerprint density at radius 3 is 1.09 bits per heavy atom. The summed E-state index contributed by atoms with van der Waals surface area (Å²) in [6, 6.07) is -4.36. The van der Waals surface area contributed by atoms with Gasteiger partial charge in [-0.15, -0.1) is 0 Å². The Labute approximate surface area is 436 Å². The predicted octanol–water partition coefficient (Wildman–Crippen LogP) is -1.15. The van der Waals surface area contributed by atoms with Crippen molar-refractivity contribution in [3.8, 4) is 0 Å².